The average Bonchev–Trinajstić information content (AvgIpc) is 3.29. The number of fused-ring (bicyclic) bond motifs is 1. The van der Waals surface area contributed by atoms with Gasteiger partial charge in [0.05, 0.1) is 6.61 Å². The number of carbonyl (C=O) groups is 1. The number of halogens is 2. The molecule has 1 aliphatic heterocycles. The number of hydrogen-bond acceptors (Lipinski definition) is 11. The number of carbonyl (C=O) groups excluding carboxylic acids is 1. The van der Waals surface area contributed by atoms with Crippen LogP contribution in [0.1, 0.15) is 18.7 Å². The molecule has 3 aromatic carbocycles. The van der Waals surface area contributed by atoms with E-state index in [0.29, 0.717) is 10.9 Å². The van der Waals surface area contributed by atoms with E-state index in [4.69, 9.17) is 18.5 Å². The lowest BCUT2D eigenvalue weighted by Crippen LogP contribution is -2.45. The standard InChI is InChI=1S/C29H29N6O10P.2ClH/c1-18(27(39)42-16-19-8-3-2-4-9-19)32-46(41,45-22-13-7-11-20-10-5-6-12-21(20)22)43-17-29(33-34-30)25(38)24(37)26(44-29)35-15-14-23(36)31-28(35)40;;/h2-15,18,24-26,37-38H,16-17H2,1H3,(H,32,41)(H,31,36,40);2*1H/t18-,24-,25+,26+,29+,46?;;/m0../s1. The predicted molar refractivity (Wildman–Crippen MR) is 177 cm³/mol. The number of nitrogens with zero attached hydrogens (tertiary/aromatic N) is 4. The normalized spacial score (nSPS) is 21.9. The molecule has 0 spiro atoms. The summed E-state index contributed by atoms with van der Waals surface area (Å²) < 4.78 is 37.7. The Morgan fingerprint density at radius 2 is 1.79 bits per heavy atom. The van der Waals surface area contributed by atoms with Crippen LogP contribution >= 0.6 is 32.6 Å². The SMILES string of the molecule is C[C@H](NP(=O)(OC[C@@]1(N=[N+]=[N-])O[C@@H](n2ccc(=O)[nH]c2=O)[C@@H](O)[C@H]1O)Oc1cccc2ccccc12)C(=O)OCc1ccccc1.Cl.Cl. The number of aliphatic hydroxyl groups is 2. The topological polar surface area (TPSA) is 227 Å². The van der Waals surface area contributed by atoms with Crippen LogP contribution in [0.15, 0.2) is 99.8 Å². The molecule has 4 N–H and O–H groups in total. The fourth-order valence-corrected chi connectivity index (χ4v) is 6.28. The van der Waals surface area contributed by atoms with Crippen LogP contribution in [0.5, 0.6) is 5.75 Å². The Labute approximate surface area is 284 Å². The van der Waals surface area contributed by atoms with Gasteiger partial charge in [-0.05, 0) is 29.5 Å². The van der Waals surface area contributed by atoms with Crippen molar-refractivity contribution in [2.24, 2.45) is 5.11 Å². The number of esters is 1. The van der Waals surface area contributed by atoms with E-state index in [2.05, 4.69) is 15.1 Å². The van der Waals surface area contributed by atoms with Crippen LogP contribution in [-0.4, -0.2) is 56.3 Å². The summed E-state index contributed by atoms with van der Waals surface area (Å²) in [6.45, 7) is 0.303. The van der Waals surface area contributed by atoms with E-state index < -0.39 is 61.8 Å². The first-order chi connectivity index (χ1) is 22.0. The second-order valence-corrected chi connectivity index (χ2v) is 12.0. The summed E-state index contributed by atoms with van der Waals surface area (Å²) in [7, 11) is -4.65. The third-order valence-corrected chi connectivity index (χ3v) is 8.69. The van der Waals surface area contributed by atoms with Gasteiger partial charge in [0.2, 0.25) is 5.72 Å². The van der Waals surface area contributed by atoms with E-state index in [1.807, 2.05) is 11.1 Å². The predicted octanol–water partition coefficient (Wildman–Crippen LogP) is 3.72. The molecule has 0 bridgehead atoms. The van der Waals surface area contributed by atoms with Crippen molar-refractivity contribution in [3.8, 4) is 5.75 Å². The number of aromatic nitrogens is 2. The van der Waals surface area contributed by atoms with Crippen LogP contribution in [0.3, 0.4) is 0 Å². The molecule has 5 rings (SSSR count). The smallest absolute Gasteiger partial charge is 0.459 e. The van der Waals surface area contributed by atoms with Crippen molar-refractivity contribution in [2.45, 2.75) is 43.7 Å². The molecule has 0 radical (unpaired) electrons. The molecular formula is C29H31Cl2N6O10P. The Morgan fingerprint density at radius 3 is 2.50 bits per heavy atom. The fraction of sp³-hybridized carbons (Fsp3) is 0.276. The molecule has 48 heavy (non-hydrogen) atoms. The summed E-state index contributed by atoms with van der Waals surface area (Å²) >= 11 is 0. The molecule has 1 fully saturated rings. The second-order valence-electron chi connectivity index (χ2n) is 10.3. The molecule has 1 aliphatic rings. The van der Waals surface area contributed by atoms with Crippen LogP contribution in [0.2, 0.25) is 0 Å². The van der Waals surface area contributed by atoms with Gasteiger partial charge in [-0.1, -0.05) is 71.8 Å². The van der Waals surface area contributed by atoms with Gasteiger partial charge in [0.1, 0.15) is 30.6 Å². The molecule has 6 atom stereocenters. The Bertz CT molecular complexity index is 1940. The zero-order valence-corrected chi connectivity index (χ0v) is 27.5. The molecule has 1 unspecified atom stereocenters. The monoisotopic (exact) mass is 724 g/mol. The van der Waals surface area contributed by atoms with Crippen molar-refractivity contribution in [1.29, 1.82) is 0 Å². The van der Waals surface area contributed by atoms with Crippen molar-refractivity contribution in [3.63, 3.8) is 0 Å². The van der Waals surface area contributed by atoms with Gasteiger partial charge in [0.25, 0.3) is 5.56 Å². The average molecular weight is 725 g/mol. The minimum atomic E-state index is -4.65. The van der Waals surface area contributed by atoms with Crippen molar-refractivity contribution in [2.75, 3.05) is 6.61 Å². The number of hydrogen-bond donors (Lipinski definition) is 4. The lowest BCUT2D eigenvalue weighted by Gasteiger charge is -2.29. The maximum absolute atomic E-state index is 14.4. The Kier molecular flexibility index (Phi) is 13.0. The van der Waals surface area contributed by atoms with Gasteiger partial charge in [-0.2, -0.15) is 5.09 Å². The van der Waals surface area contributed by atoms with E-state index in [1.165, 1.54) is 13.0 Å². The van der Waals surface area contributed by atoms with Crippen LogP contribution in [0.25, 0.3) is 21.2 Å². The van der Waals surface area contributed by atoms with E-state index in [1.54, 1.807) is 60.7 Å². The quantitative estimate of drug-likeness (QED) is 0.0541. The Balaban J connectivity index is 0.00000312. The molecule has 19 heteroatoms. The van der Waals surface area contributed by atoms with E-state index >= 15 is 0 Å². The molecule has 0 amide bonds. The third kappa shape index (κ3) is 8.44. The summed E-state index contributed by atoms with van der Waals surface area (Å²) in [6.07, 6.45) is -4.55. The summed E-state index contributed by atoms with van der Waals surface area (Å²) in [6, 6.07) is 20.6. The first-order valence-corrected chi connectivity index (χ1v) is 15.4. The molecular weight excluding hydrogens is 694 g/mol. The highest BCUT2D eigenvalue weighted by atomic mass is 35.5. The van der Waals surface area contributed by atoms with Gasteiger partial charge in [-0.15, -0.1) is 24.8 Å². The lowest BCUT2D eigenvalue weighted by atomic mass is 10.1. The molecule has 4 aromatic rings. The Hall–Kier alpha value is -4.21. The number of aliphatic hydroxyl groups excluding tert-OH is 2. The summed E-state index contributed by atoms with van der Waals surface area (Å²) in [5.74, 6) is -0.703. The first-order valence-electron chi connectivity index (χ1n) is 13.9. The molecule has 256 valence electrons. The first kappa shape index (κ1) is 38.2. The van der Waals surface area contributed by atoms with Crippen molar-refractivity contribution in [1.82, 2.24) is 14.6 Å². The van der Waals surface area contributed by atoms with Gasteiger partial charge >= 0.3 is 19.4 Å². The molecule has 1 saturated heterocycles. The number of nitrogens with one attached hydrogen (secondary N) is 2. The van der Waals surface area contributed by atoms with Crippen molar-refractivity contribution >= 4 is 49.3 Å². The summed E-state index contributed by atoms with van der Waals surface area (Å²) in [5, 5.41) is 29.0. The van der Waals surface area contributed by atoms with Gasteiger partial charge in [-0.25, -0.2) is 9.36 Å². The molecule has 2 heterocycles. The number of H-pyrrole nitrogens is 1. The van der Waals surface area contributed by atoms with Crippen molar-refractivity contribution < 1.29 is 38.1 Å². The van der Waals surface area contributed by atoms with Gasteiger partial charge in [0.15, 0.2) is 6.23 Å². The zero-order chi connectivity index (χ0) is 32.9. The lowest BCUT2D eigenvalue weighted by molar-refractivity contribution is -0.146. The van der Waals surface area contributed by atoms with Gasteiger partial charge < -0.3 is 24.2 Å². The minimum Gasteiger partial charge on any atom is -0.460 e. The summed E-state index contributed by atoms with van der Waals surface area (Å²) in [4.78, 5) is 41.5. The van der Waals surface area contributed by atoms with Crippen LogP contribution in [-0.2, 0) is 30.0 Å². The maximum Gasteiger partial charge on any atom is 0.459 e. The number of benzene rings is 3. The number of azide groups is 1. The largest absolute Gasteiger partial charge is 0.460 e. The molecule has 16 nitrogen and oxygen atoms in total. The minimum absolute atomic E-state index is 0. The Morgan fingerprint density at radius 1 is 1.10 bits per heavy atom. The van der Waals surface area contributed by atoms with Crippen LogP contribution in [0.4, 0.5) is 0 Å². The van der Waals surface area contributed by atoms with E-state index in [0.717, 1.165) is 22.2 Å². The molecule has 0 aliphatic carbocycles. The van der Waals surface area contributed by atoms with Crippen LogP contribution in [0, 0.1) is 0 Å². The zero-order valence-electron chi connectivity index (χ0n) is 25.0. The van der Waals surface area contributed by atoms with E-state index in [9.17, 15) is 34.7 Å². The highest BCUT2D eigenvalue weighted by Gasteiger charge is 2.56. The van der Waals surface area contributed by atoms with Crippen molar-refractivity contribution in [3.05, 3.63) is 122 Å². The summed E-state index contributed by atoms with van der Waals surface area (Å²) in [5.41, 5.74) is 5.88. The second kappa shape index (κ2) is 16.3. The van der Waals surface area contributed by atoms with Gasteiger partial charge in [0, 0.05) is 22.6 Å². The highest BCUT2D eigenvalue weighted by Crippen LogP contribution is 2.49. The number of rotatable bonds is 12. The van der Waals surface area contributed by atoms with E-state index in [-0.39, 0.29) is 37.2 Å². The highest BCUT2D eigenvalue weighted by molar-refractivity contribution is 7.52. The number of ether oxygens (including phenoxy) is 2. The fourth-order valence-electron chi connectivity index (χ4n) is 4.74. The molecule has 1 aromatic heterocycles. The number of aromatic amines is 1. The van der Waals surface area contributed by atoms with Crippen LogP contribution < -0.4 is 20.9 Å². The molecule has 0 saturated carbocycles. The van der Waals surface area contributed by atoms with Gasteiger partial charge in [-0.3, -0.25) is 23.7 Å². The maximum atomic E-state index is 14.4. The third-order valence-electron chi connectivity index (χ3n) is 7.08.